The number of furan rings is 1. The Morgan fingerprint density at radius 1 is 1.32 bits per heavy atom. The van der Waals surface area contributed by atoms with Crippen molar-refractivity contribution in [2.75, 3.05) is 5.32 Å². The number of esters is 1. The van der Waals surface area contributed by atoms with Gasteiger partial charge in [0.1, 0.15) is 10.7 Å². The Hall–Kier alpha value is -3.42. The summed E-state index contributed by atoms with van der Waals surface area (Å²) in [5.74, 6) is -1.55. The van der Waals surface area contributed by atoms with Crippen molar-refractivity contribution >= 4 is 29.5 Å². The highest BCUT2D eigenvalue weighted by Crippen LogP contribution is 2.16. The van der Waals surface area contributed by atoms with Gasteiger partial charge in [-0.2, -0.15) is 0 Å². The zero-order valence-electron chi connectivity index (χ0n) is 13.6. The Morgan fingerprint density at radius 2 is 2.08 bits per heavy atom. The van der Waals surface area contributed by atoms with Crippen LogP contribution < -0.4 is 5.32 Å². The minimum atomic E-state index is -1.01. The Labute approximate surface area is 143 Å². The Bertz CT molecular complexity index is 824. The van der Waals surface area contributed by atoms with Crippen molar-refractivity contribution in [3.63, 3.8) is 0 Å². The van der Waals surface area contributed by atoms with Gasteiger partial charge in [0, 0.05) is 11.8 Å². The highest BCUT2D eigenvalue weighted by atomic mass is 16.6. The van der Waals surface area contributed by atoms with E-state index in [9.17, 15) is 19.7 Å². The average Bonchev–Trinajstić information content (AvgIpc) is 3.02. The minimum Gasteiger partial charge on any atom is -0.449 e. The summed E-state index contributed by atoms with van der Waals surface area (Å²) in [5, 5.41) is 13.1. The molecule has 0 unspecified atom stereocenters. The number of carbonyl (C=O) groups is 2. The molecule has 0 aliphatic rings. The summed E-state index contributed by atoms with van der Waals surface area (Å²) in [5.41, 5.74) is 1.59. The second-order valence-corrected chi connectivity index (χ2v) is 5.20. The van der Waals surface area contributed by atoms with E-state index in [-0.39, 0.29) is 5.76 Å². The molecule has 2 rings (SSSR count). The van der Waals surface area contributed by atoms with Gasteiger partial charge in [0.25, 0.3) is 5.91 Å². The lowest BCUT2D eigenvalue weighted by Crippen LogP contribution is -2.29. The van der Waals surface area contributed by atoms with Gasteiger partial charge in [-0.1, -0.05) is 12.1 Å². The lowest BCUT2D eigenvalue weighted by atomic mass is 10.2. The number of aryl methyl sites for hydroxylation is 1. The second kappa shape index (κ2) is 7.91. The molecule has 1 N–H and O–H groups in total. The highest BCUT2D eigenvalue weighted by molar-refractivity contribution is 5.96. The lowest BCUT2D eigenvalue weighted by Gasteiger charge is -2.12. The van der Waals surface area contributed by atoms with Crippen molar-refractivity contribution in [3.8, 4) is 0 Å². The molecule has 130 valence electrons. The molecular weight excluding hydrogens is 328 g/mol. The maximum Gasteiger partial charge on any atom is 0.433 e. The van der Waals surface area contributed by atoms with E-state index in [1.165, 1.54) is 25.1 Å². The van der Waals surface area contributed by atoms with Crippen molar-refractivity contribution in [1.29, 1.82) is 0 Å². The van der Waals surface area contributed by atoms with Gasteiger partial charge in [-0.3, -0.25) is 14.9 Å². The molecular formula is C17H16N2O6. The average molecular weight is 344 g/mol. The summed E-state index contributed by atoms with van der Waals surface area (Å²) in [4.78, 5) is 33.5. The zero-order valence-corrected chi connectivity index (χ0v) is 13.6. The maximum atomic E-state index is 12.0. The number of rotatable bonds is 6. The van der Waals surface area contributed by atoms with E-state index in [1.54, 1.807) is 18.2 Å². The van der Waals surface area contributed by atoms with Gasteiger partial charge in [-0.25, -0.2) is 4.79 Å². The van der Waals surface area contributed by atoms with Crippen LogP contribution in [0.15, 0.2) is 46.9 Å². The number of carbonyl (C=O) groups excluding carboxylic acids is 2. The molecule has 0 bridgehead atoms. The number of anilines is 1. The van der Waals surface area contributed by atoms with Gasteiger partial charge in [0.2, 0.25) is 0 Å². The smallest absolute Gasteiger partial charge is 0.433 e. The fraction of sp³-hybridized carbons (Fsp3) is 0.176. The molecule has 0 radical (unpaired) electrons. The number of benzene rings is 1. The van der Waals surface area contributed by atoms with Crippen molar-refractivity contribution in [3.05, 3.63) is 63.9 Å². The molecule has 25 heavy (non-hydrogen) atoms. The SMILES string of the molecule is Cc1cccc(NC(=O)[C@@H](C)OC(=O)/C=C/c2ccc([N+](=O)[O-])o2)c1. The first-order chi connectivity index (χ1) is 11.8. The Morgan fingerprint density at radius 3 is 2.72 bits per heavy atom. The molecule has 0 aliphatic heterocycles. The maximum absolute atomic E-state index is 12.0. The van der Waals surface area contributed by atoms with Gasteiger partial charge in [0.15, 0.2) is 6.10 Å². The van der Waals surface area contributed by atoms with Crippen LogP contribution in [0.1, 0.15) is 18.2 Å². The summed E-state index contributed by atoms with van der Waals surface area (Å²) in [7, 11) is 0. The summed E-state index contributed by atoms with van der Waals surface area (Å²) in [6, 6.07) is 9.72. The van der Waals surface area contributed by atoms with E-state index >= 15 is 0 Å². The van der Waals surface area contributed by atoms with Crippen LogP contribution in [0.25, 0.3) is 6.08 Å². The van der Waals surface area contributed by atoms with Crippen LogP contribution >= 0.6 is 0 Å². The Balaban J connectivity index is 1.89. The van der Waals surface area contributed by atoms with E-state index in [0.29, 0.717) is 5.69 Å². The van der Waals surface area contributed by atoms with Gasteiger partial charge in [-0.05, 0) is 43.7 Å². The molecule has 0 spiro atoms. The fourth-order valence-electron chi connectivity index (χ4n) is 1.91. The molecule has 1 aromatic heterocycles. The van der Waals surface area contributed by atoms with E-state index in [0.717, 1.165) is 11.6 Å². The summed E-state index contributed by atoms with van der Waals surface area (Å²) >= 11 is 0. The molecule has 1 atom stereocenters. The topological polar surface area (TPSA) is 112 Å². The largest absolute Gasteiger partial charge is 0.449 e. The van der Waals surface area contributed by atoms with Crippen molar-refractivity contribution in [2.24, 2.45) is 0 Å². The molecule has 1 heterocycles. The predicted molar refractivity (Wildman–Crippen MR) is 89.8 cm³/mol. The number of nitrogens with zero attached hydrogens (tertiary/aromatic N) is 1. The zero-order chi connectivity index (χ0) is 18.4. The van der Waals surface area contributed by atoms with Gasteiger partial charge < -0.3 is 14.5 Å². The van der Waals surface area contributed by atoms with E-state index in [2.05, 4.69) is 5.32 Å². The quantitative estimate of drug-likeness (QED) is 0.373. The third kappa shape index (κ3) is 5.31. The number of hydrogen-bond donors (Lipinski definition) is 1. The highest BCUT2D eigenvalue weighted by Gasteiger charge is 2.17. The minimum absolute atomic E-state index is 0.125. The molecule has 0 aliphatic carbocycles. The first kappa shape index (κ1) is 17.9. The number of amides is 1. The molecule has 1 aromatic carbocycles. The van der Waals surface area contributed by atoms with Gasteiger partial charge in [0.05, 0.1) is 6.07 Å². The lowest BCUT2D eigenvalue weighted by molar-refractivity contribution is -0.402. The number of ether oxygens (including phenoxy) is 1. The van der Waals surface area contributed by atoms with Crippen molar-refractivity contribution in [2.45, 2.75) is 20.0 Å². The van der Waals surface area contributed by atoms with Gasteiger partial charge in [-0.15, -0.1) is 0 Å². The van der Waals surface area contributed by atoms with Crippen LogP contribution in [0.2, 0.25) is 0 Å². The monoisotopic (exact) mass is 344 g/mol. The van der Waals surface area contributed by atoms with E-state index < -0.39 is 28.8 Å². The van der Waals surface area contributed by atoms with Crippen LogP contribution in [0.4, 0.5) is 11.6 Å². The molecule has 0 fully saturated rings. The number of nitro groups is 1. The van der Waals surface area contributed by atoms with Crippen LogP contribution in [0, 0.1) is 17.0 Å². The van der Waals surface area contributed by atoms with Crippen molar-refractivity contribution in [1.82, 2.24) is 0 Å². The van der Waals surface area contributed by atoms with Crippen LogP contribution in [-0.2, 0) is 14.3 Å². The second-order valence-electron chi connectivity index (χ2n) is 5.20. The van der Waals surface area contributed by atoms with E-state index in [4.69, 9.17) is 9.15 Å². The van der Waals surface area contributed by atoms with Crippen LogP contribution in [0.5, 0.6) is 0 Å². The fourth-order valence-corrected chi connectivity index (χ4v) is 1.91. The molecule has 2 aromatic rings. The third-order valence-corrected chi connectivity index (χ3v) is 3.12. The predicted octanol–water partition coefficient (Wildman–Crippen LogP) is 3.08. The summed E-state index contributed by atoms with van der Waals surface area (Å²) in [6.45, 7) is 3.33. The molecule has 8 heteroatoms. The van der Waals surface area contributed by atoms with Gasteiger partial charge >= 0.3 is 11.9 Å². The molecule has 0 saturated carbocycles. The van der Waals surface area contributed by atoms with E-state index in [1.807, 2.05) is 13.0 Å². The molecule has 1 amide bonds. The normalized spacial score (nSPS) is 11.9. The van der Waals surface area contributed by atoms with Crippen molar-refractivity contribution < 1.29 is 23.7 Å². The number of hydrogen-bond acceptors (Lipinski definition) is 6. The van der Waals surface area contributed by atoms with Crippen LogP contribution in [-0.4, -0.2) is 22.9 Å². The summed E-state index contributed by atoms with van der Waals surface area (Å²) < 4.78 is 9.84. The number of nitrogens with one attached hydrogen (secondary N) is 1. The third-order valence-electron chi connectivity index (χ3n) is 3.12. The Kier molecular flexibility index (Phi) is 5.67. The molecule has 8 nitrogen and oxygen atoms in total. The first-order valence-electron chi connectivity index (χ1n) is 7.35. The molecule has 0 saturated heterocycles. The summed E-state index contributed by atoms with van der Waals surface area (Å²) in [6.07, 6.45) is 1.24. The standard InChI is InChI=1S/C17H16N2O6/c1-11-4-3-5-13(10-11)18-17(21)12(2)24-16(20)9-7-14-6-8-15(25-14)19(22)23/h3-10,12H,1-2H3,(H,18,21)/b9-7+/t12-/m1/s1. The first-order valence-corrected chi connectivity index (χ1v) is 7.35. The van der Waals surface area contributed by atoms with Crippen LogP contribution in [0.3, 0.4) is 0 Å².